The van der Waals surface area contributed by atoms with Gasteiger partial charge in [0, 0.05) is 17.5 Å². The van der Waals surface area contributed by atoms with Gasteiger partial charge in [-0.25, -0.2) is 0 Å². The lowest BCUT2D eigenvalue weighted by atomic mass is 9.66. The SMILES string of the molecule is C=C(C)[C@@H]1CCC(C)C(N)C1C(=O)c1ccccc1. The van der Waals surface area contributed by atoms with Crippen LogP contribution in [-0.2, 0) is 0 Å². The minimum absolute atomic E-state index is 0.0665. The molecule has 1 saturated carbocycles. The van der Waals surface area contributed by atoms with E-state index < -0.39 is 0 Å². The molecule has 0 saturated heterocycles. The Bertz CT molecular complexity index is 465. The van der Waals surface area contributed by atoms with E-state index in [-0.39, 0.29) is 23.7 Å². The molecule has 102 valence electrons. The van der Waals surface area contributed by atoms with Gasteiger partial charge in [0.15, 0.2) is 5.78 Å². The molecule has 2 rings (SSSR count). The monoisotopic (exact) mass is 257 g/mol. The van der Waals surface area contributed by atoms with Crippen LogP contribution in [0, 0.1) is 17.8 Å². The highest BCUT2D eigenvalue weighted by molar-refractivity contribution is 5.98. The third kappa shape index (κ3) is 2.79. The van der Waals surface area contributed by atoms with Crippen molar-refractivity contribution >= 4 is 5.78 Å². The van der Waals surface area contributed by atoms with Crippen molar-refractivity contribution in [3.05, 3.63) is 48.0 Å². The van der Waals surface area contributed by atoms with Crippen molar-refractivity contribution in [2.75, 3.05) is 0 Å². The smallest absolute Gasteiger partial charge is 0.168 e. The Balaban J connectivity index is 2.31. The molecule has 2 heteroatoms. The third-order valence-electron chi connectivity index (χ3n) is 4.43. The summed E-state index contributed by atoms with van der Waals surface area (Å²) in [5, 5.41) is 0. The standard InChI is InChI=1S/C17H23NO/c1-11(2)14-10-9-12(3)16(18)15(14)17(19)13-7-5-4-6-8-13/h4-8,12,14-16H,1,9-10,18H2,2-3H3/t12?,14-,15?,16?/m0/s1. The first-order chi connectivity index (χ1) is 9.02. The van der Waals surface area contributed by atoms with Gasteiger partial charge in [-0.2, -0.15) is 0 Å². The van der Waals surface area contributed by atoms with E-state index in [1.54, 1.807) is 0 Å². The van der Waals surface area contributed by atoms with Crippen molar-refractivity contribution in [1.82, 2.24) is 0 Å². The molecule has 0 bridgehead atoms. The molecule has 0 aliphatic heterocycles. The zero-order valence-electron chi connectivity index (χ0n) is 11.8. The number of rotatable bonds is 3. The van der Waals surface area contributed by atoms with Crippen LogP contribution in [0.1, 0.15) is 37.0 Å². The molecule has 0 aromatic heterocycles. The van der Waals surface area contributed by atoms with E-state index >= 15 is 0 Å². The van der Waals surface area contributed by atoms with E-state index in [1.165, 1.54) is 0 Å². The average molecular weight is 257 g/mol. The van der Waals surface area contributed by atoms with Gasteiger partial charge in [0.05, 0.1) is 0 Å². The fourth-order valence-corrected chi connectivity index (χ4v) is 3.14. The van der Waals surface area contributed by atoms with E-state index in [4.69, 9.17) is 5.73 Å². The van der Waals surface area contributed by atoms with Crippen LogP contribution < -0.4 is 5.73 Å². The lowest BCUT2D eigenvalue weighted by molar-refractivity contribution is 0.0773. The Hall–Kier alpha value is -1.41. The van der Waals surface area contributed by atoms with Crippen molar-refractivity contribution in [1.29, 1.82) is 0 Å². The average Bonchev–Trinajstić information content (AvgIpc) is 2.41. The van der Waals surface area contributed by atoms with Crippen LogP contribution in [0.25, 0.3) is 0 Å². The Morgan fingerprint density at radius 1 is 1.26 bits per heavy atom. The summed E-state index contributed by atoms with van der Waals surface area (Å²) in [6, 6.07) is 9.43. The molecular formula is C17H23NO. The molecule has 1 aromatic rings. The summed E-state index contributed by atoms with van der Waals surface area (Å²) >= 11 is 0. The van der Waals surface area contributed by atoms with Gasteiger partial charge in [-0.15, -0.1) is 0 Å². The van der Waals surface area contributed by atoms with Crippen LogP contribution in [0.5, 0.6) is 0 Å². The number of ketones is 1. The number of hydrogen-bond donors (Lipinski definition) is 1. The number of nitrogens with two attached hydrogens (primary N) is 1. The van der Waals surface area contributed by atoms with Gasteiger partial charge in [0.25, 0.3) is 0 Å². The Labute approximate surface area is 115 Å². The second-order valence-electron chi connectivity index (χ2n) is 5.84. The molecule has 4 atom stereocenters. The quantitative estimate of drug-likeness (QED) is 0.666. The lowest BCUT2D eigenvalue weighted by Crippen LogP contribution is -2.48. The van der Waals surface area contributed by atoms with Gasteiger partial charge in [-0.1, -0.05) is 49.4 Å². The van der Waals surface area contributed by atoms with Crippen LogP contribution in [0.2, 0.25) is 0 Å². The molecule has 2 nitrogen and oxygen atoms in total. The van der Waals surface area contributed by atoms with Gasteiger partial charge < -0.3 is 5.73 Å². The molecular weight excluding hydrogens is 234 g/mol. The summed E-state index contributed by atoms with van der Waals surface area (Å²) in [6.45, 7) is 8.21. The molecule has 0 radical (unpaired) electrons. The number of benzene rings is 1. The van der Waals surface area contributed by atoms with Crippen LogP contribution in [0.4, 0.5) is 0 Å². The summed E-state index contributed by atoms with van der Waals surface area (Å²) in [5.41, 5.74) is 8.17. The lowest BCUT2D eigenvalue weighted by Gasteiger charge is -2.39. The van der Waals surface area contributed by atoms with E-state index in [1.807, 2.05) is 37.3 Å². The highest BCUT2D eigenvalue weighted by Gasteiger charge is 2.40. The van der Waals surface area contributed by atoms with Crippen molar-refractivity contribution < 1.29 is 4.79 Å². The van der Waals surface area contributed by atoms with Crippen molar-refractivity contribution in [2.45, 2.75) is 32.7 Å². The van der Waals surface area contributed by atoms with Gasteiger partial charge in [0.1, 0.15) is 0 Å². The molecule has 3 unspecified atom stereocenters. The normalized spacial score (nSPS) is 30.9. The Morgan fingerprint density at radius 2 is 1.89 bits per heavy atom. The maximum absolute atomic E-state index is 12.7. The van der Waals surface area contributed by atoms with Crippen LogP contribution >= 0.6 is 0 Å². The number of hydrogen-bond acceptors (Lipinski definition) is 2. The minimum Gasteiger partial charge on any atom is -0.327 e. The van der Waals surface area contributed by atoms with Gasteiger partial charge in [-0.05, 0) is 31.6 Å². The molecule has 2 N–H and O–H groups in total. The summed E-state index contributed by atoms with van der Waals surface area (Å²) in [7, 11) is 0. The van der Waals surface area contributed by atoms with Crippen LogP contribution in [0.3, 0.4) is 0 Å². The molecule has 1 aliphatic rings. The maximum Gasteiger partial charge on any atom is 0.168 e. The van der Waals surface area contributed by atoms with Crippen molar-refractivity contribution in [3.8, 4) is 0 Å². The largest absolute Gasteiger partial charge is 0.327 e. The fraction of sp³-hybridized carbons (Fsp3) is 0.471. The number of carbonyl (C=O) groups excluding carboxylic acids is 1. The first-order valence-corrected chi connectivity index (χ1v) is 7.02. The predicted octanol–water partition coefficient (Wildman–Crippen LogP) is 3.44. The minimum atomic E-state index is -0.122. The summed E-state index contributed by atoms with van der Waals surface area (Å²) in [6.07, 6.45) is 2.10. The highest BCUT2D eigenvalue weighted by atomic mass is 16.1. The Kier molecular flexibility index (Phi) is 4.20. The van der Waals surface area contributed by atoms with Gasteiger partial charge >= 0.3 is 0 Å². The van der Waals surface area contributed by atoms with E-state index in [0.717, 1.165) is 24.0 Å². The summed E-state index contributed by atoms with van der Waals surface area (Å²) < 4.78 is 0. The zero-order chi connectivity index (χ0) is 14.0. The first kappa shape index (κ1) is 14.0. The molecule has 0 heterocycles. The van der Waals surface area contributed by atoms with E-state index in [0.29, 0.717) is 5.92 Å². The second-order valence-corrected chi connectivity index (χ2v) is 5.84. The maximum atomic E-state index is 12.7. The Morgan fingerprint density at radius 3 is 2.47 bits per heavy atom. The first-order valence-electron chi connectivity index (χ1n) is 7.02. The zero-order valence-corrected chi connectivity index (χ0v) is 11.8. The number of Topliss-reactive ketones (excluding diaryl/α,β-unsaturated/α-hetero) is 1. The molecule has 0 spiro atoms. The van der Waals surface area contributed by atoms with E-state index in [9.17, 15) is 4.79 Å². The van der Waals surface area contributed by atoms with Crippen molar-refractivity contribution in [3.63, 3.8) is 0 Å². The number of carbonyl (C=O) groups is 1. The number of allylic oxidation sites excluding steroid dienone is 1. The molecule has 19 heavy (non-hydrogen) atoms. The summed E-state index contributed by atoms with van der Waals surface area (Å²) in [5.74, 6) is 0.670. The van der Waals surface area contributed by atoms with Crippen LogP contribution in [0.15, 0.2) is 42.5 Å². The molecule has 0 amide bonds. The van der Waals surface area contributed by atoms with Gasteiger partial charge in [-0.3, -0.25) is 4.79 Å². The van der Waals surface area contributed by atoms with Crippen LogP contribution in [-0.4, -0.2) is 11.8 Å². The van der Waals surface area contributed by atoms with E-state index in [2.05, 4.69) is 13.5 Å². The predicted molar refractivity (Wildman–Crippen MR) is 78.9 cm³/mol. The third-order valence-corrected chi connectivity index (χ3v) is 4.43. The molecule has 1 aliphatic carbocycles. The molecule has 1 fully saturated rings. The molecule has 1 aromatic carbocycles. The second kappa shape index (κ2) is 5.70. The topological polar surface area (TPSA) is 43.1 Å². The fourth-order valence-electron chi connectivity index (χ4n) is 3.14. The summed E-state index contributed by atoms with van der Waals surface area (Å²) in [4.78, 5) is 12.7. The highest BCUT2D eigenvalue weighted by Crippen LogP contribution is 2.38. The van der Waals surface area contributed by atoms with Gasteiger partial charge in [0.2, 0.25) is 0 Å². The van der Waals surface area contributed by atoms with Crippen molar-refractivity contribution in [2.24, 2.45) is 23.5 Å².